The summed E-state index contributed by atoms with van der Waals surface area (Å²) < 4.78 is 18.8. The molecule has 2 amide bonds. The second kappa shape index (κ2) is 6.87. The van der Waals surface area contributed by atoms with E-state index in [1.54, 1.807) is 11.0 Å². The fourth-order valence-electron chi connectivity index (χ4n) is 2.68. The lowest BCUT2D eigenvalue weighted by Crippen LogP contribution is -2.52. The summed E-state index contributed by atoms with van der Waals surface area (Å²) in [6, 6.07) is 5.60. The monoisotopic (exact) mass is 331 g/mol. The average molecular weight is 331 g/mol. The number of nitrogens with zero attached hydrogens (tertiary/aromatic N) is 3. The Labute approximate surface area is 139 Å². The van der Waals surface area contributed by atoms with Crippen LogP contribution in [0.2, 0.25) is 0 Å². The predicted molar refractivity (Wildman–Crippen MR) is 82.5 cm³/mol. The van der Waals surface area contributed by atoms with Crippen LogP contribution in [0.3, 0.4) is 0 Å². The molecule has 0 aromatic heterocycles. The Morgan fingerprint density at radius 2 is 1.88 bits per heavy atom. The molecule has 0 unspecified atom stereocenters. The number of carbonyl (C=O) groups excluding carboxylic acids is 2. The van der Waals surface area contributed by atoms with Crippen LogP contribution in [-0.4, -0.2) is 54.4 Å². The van der Waals surface area contributed by atoms with E-state index in [4.69, 9.17) is 10.00 Å². The van der Waals surface area contributed by atoms with Gasteiger partial charge in [0.25, 0.3) is 5.91 Å². The number of amides is 2. The van der Waals surface area contributed by atoms with Gasteiger partial charge in [-0.3, -0.25) is 9.59 Å². The normalized spacial score (nSPS) is 17.3. The van der Waals surface area contributed by atoms with Crippen molar-refractivity contribution in [1.82, 2.24) is 9.80 Å². The number of hydrogen-bond donors (Lipinski definition) is 0. The molecule has 0 spiro atoms. The van der Waals surface area contributed by atoms with Crippen molar-refractivity contribution in [3.63, 3.8) is 0 Å². The van der Waals surface area contributed by atoms with Crippen LogP contribution in [0, 0.1) is 23.1 Å². The van der Waals surface area contributed by atoms with Gasteiger partial charge in [0.05, 0.1) is 5.56 Å². The van der Waals surface area contributed by atoms with Gasteiger partial charge in [0.2, 0.25) is 5.91 Å². The van der Waals surface area contributed by atoms with Crippen molar-refractivity contribution in [2.75, 3.05) is 32.8 Å². The number of nitriles is 1. The second-order valence-electron chi connectivity index (χ2n) is 6.02. The van der Waals surface area contributed by atoms with Gasteiger partial charge in [-0.05, 0) is 25.0 Å². The van der Waals surface area contributed by atoms with Crippen LogP contribution < -0.4 is 4.74 Å². The maximum Gasteiger partial charge on any atom is 0.260 e. The number of halogens is 1. The highest BCUT2D eigenvalue weighted by atomic mass is 19.1. The summed E-state index contributed by atoms with van der Waals surface area (Å²) in [7, 11) is 0. The molecule has 3 rings (SSSR count). The summed E-state index contributed by atoms with van der Waals surface area (Å²) in [5.41, 5.74) is -0.0647. The summed E-state index contributed by atoms with van der Waals surface area (Å²) >= 11 is 0. The van der Waals surface area contributed by atoms with Crippen molar-refractivity contribution in [3.8, 4) is 11.8 Å². The minimum absolute atomic E-state index is 0.0647. The molecule has 1 aliphatic carbocycles. The van der Waals surface area contributed by atoms with Crippen molar-refractivity contribution in [1.29, 1.82) is 5.26 Å². The zero-order chi connectivity index (χ0) is 17.1. The molecule has 1 aromatic carbocycles. The first kappa shape index (κ1) is 16.2. The highest BCUT2D eigenvalue weighted by Crippen LogP contribution is 2.31. The van der Waals surface area contributed by atoms with Crippen LogP contribution in [0.15, 0.2) is 18.2 Å². The van der Waals surface area contributed by atoms with E-state index in [2.05, 4.69) is 0 Å². The maximum atomic E-state index is 13.5. The molecule has 1 saturated heterocycles. The Kier molecular flexibility index (Phi) is 4.65. The molecule has 7 heteroatoms. The summed E-state index contributed by atoms with van der Waals surface area (Å²) in [5.74, 6) is -0.261. The number of benzene rings is 1. The van der Waals surface area contributed by atoms with Gasteiger partial charge in [-0.1, -0.05) is 0 Å². The van der Waals surface area contributed by atoms with Crippen LogP contribution in [0.4, 0.5) is 4.39 Å². The van der Waals surface area contributed by atoms with E-state index < -0.39 is 5.82 Å². The van der Waals surface area contributed by atoms with Gasteiger partial charge in [0.1, 0.15) is 17.6 Å². The Bertz CT molecular complexity index is 689. The molecule has 0 radical (unpaired) electrons. The molecule has 1 aliphatic heterocycles. The molecule has 2 fully saturated rings. The third kappa shape index (κ3) is 3.65. The quantitative estimate of drug-likeness (QED) is 0.830. The van der Waals surface area contributed by atoms with E-state index in [1.165, 1.54) is 12.1 Å². The smallest absolute Gasteiger partial charge is 0.260 e. The van der Waals surface area contributed by atoms with Crippen molar-refractivity contribution in [2.45, 2.75) is 12.8 Å². The average Bonchev–Trinajstić information content (AvgIpc) is 3.44. The van der Waals surface area contributed by atoms with E-state index in [1.807, 2.05) is 4.90 Å². The first-order valence-electron chi connectivity index (χ1n) is 7.97. The largest absolute Gasteiger partial charge is 0.484 e. The summed E-state index contributed by atoms with van der Waals surface area (Å²) in [6.45, 7) is 1.88. The molecule has 24 heavy (non-hydrogen) atoms. The fraction of sp³-hybridized carbons (Fsp3) is 0.471. The molecular formula is C17H18FN3O3. The lowest BCUT2D eigenvalue weighted by molar-refractivity contribution is -0.141. The van der Waals surface area contributed by atoms with Crippen LogP contribution >= 0.6 is 0 Å². The molecular weight excluding hydrogens is 313 g/mol. The van der Waals surface area contributed by atoms with Crippen molar-refractivity contribution in [3.05, 3.63) is 29.6 Å². The summed E-state index contributed by atoms with van der Waals surface area (Å²) in [4.78, 5) is 27.6. The van der Waals surface area contributed by atoms with Crippen LogP contribution in [0.5, 0.6) is 5.75 Å². The van der Waals surface area contributed by atoms with Crippen molar-refractivity contribution >= 4 is 11.8 Å². The van der Waals surface area contributed by atoms with Crippen LogP contribution in [0.25, 0.3) is 0 Å². The van der Waals surface area contributed by atoms with Crippen molar-refractivity contribution in [2.24, 2.45) is 5.92 Å². The molecule has 6 nitrogen and oxygen atoms in total. The van der Waals surface area contributed by atoms with E-state index in [-0.39, 0.29) is 35.7 Å². The van der Waals surface area contributed by atoms with E-state index in [0.717, 1.165) is 18.9 Å². The summed E-state index contributed by atoms with van der Waals surface area (Å²) in [6.07, 6.45) is 1.96. The maximum absolute atomic E-state index is 13.5. The molecule has 0 N–H and O–H groups in total. The third-order valence-electron chi connectivity index (χ3n) is 4.29. The second-order valence-corrected chi connectivity index (χ2v) is 6.02. The highest BCUT2D eigenvalue weighted by Gasteiger charge is 2.35. The molecule has 0 bridgehead atoms. The minimum atomic E-state index is -0.672. The lowest BCUT2D eigenvalue weighted by atomic mass is 10.2. The number of hydrogen-bond acceptors (Lipinski definition) is 4. The standard InChI is InChI=1S/C17H18FN3O3/c18-15-9-14(4-3-13(15)10-19)24-11-16(22)20-5-7-21(8-6-20)17(23)12-1-2-12/h3-4,9,12H,1-2,5-8,11H2. The SMILES string of the molecule is N#Cc1ccc(OCC(=O)N2CCN(C(=O)C3CC3)CC2)cc1F. The fourth-order valence-corrected chi connectivity index (χ4v) is 2.68. The first-order valence-corrected chi connectivity index (χ1v) is 7.97. The van der Waals surface area contributed by atoms with Gasteiger partial charge in [-0.25, -0.2) is 4.39 Å². The zero-order valence-electron chi connectivity index (χ0n) is 13.2. The third-order valence-corrected chi connectivity index (χ3v) is 4.29. The molecule has 2 aliphatic rings. The molecule has 126 valence electrons. The van der Waals surface area contributed by atoms with Crippen LogP contribution in [-0.2, 0) is 9.59 Å². The number of rotatable bonds is 4. The first-order chi connectivity index (χ1) is 11.6. The zero-order valence-corrected chi connectivity index (χ0v) is 13.2. The van der Waals surface area contributed by atoms with Gasteiger partial charge >= 0.3 is 0 Å². The summed E-state index contributed by atoms with van der Waals surface area (Å²) in [5, 5.41) is 8.68. The molecule has 0 atom stereocenters. The number of carbonyl (C=O) groups is 2. The molecule has 1 aromatic rings. The number of ether oxygens (including phenoxy) is 1. The van der Waals surface area contributed by atoms with E-state index in [0.29, 0.717) is 26.2 Å². The molecule has 1 heterocycles. The van der Waals surface area contributed by atoms with Gasteiger partial charge < -0.3 is 14.5 Å². The van der Waals surface area contributed by atoms with E-state index in [9.17, 15) is 14.0 Å². The Morgan fingerprint density at radius 3 is 2.46 bits per heavy atom. The predicted octanol–water partition coefficient (Wildman–Crippen LogP) is 1.16. The Hall–Kier alpha value is -2.62. The Balaban J connectivity index is 1.47. The van der Waals surface area contributed by atoms with Gasteiger partial charge in [-0.15, -0.1) is 0 Å². The van der Waals surface area contributed by atoms with Gasteiger partial charge in [-0.2, -0.15) is 5.26 Å². The molecule has 1 saturated carbocycles. The van der Waals surface area contributed by atoms with Crippen molar-refractivity contribution < 1.29 is 18.7 Å². The topological polar surface area (TPSA) is 73.6 Å². The van der Waals surface area contributed by atoms with Gasteiger partial charge in [0.15, 0.2) is 6.61 Å². The highest BCUT2D eigenvalue weighted by molar-refractivity contribution is 5.82. The Morgan fingerprint density at radius 1 is 1.21 bits per heavy atom. The van der Waals surface area contributed by atoms with E-state index >= 15 is 0 Å². The lowest BCUT2D eigenvalue weighted by Gasteiger charge is -2.34. The minimum Gasteiger partial charge on any atom is -0.484 e. The van der Waals surface area contributed by atoms with Gasteiger partial charge in [0, 0.05) is 38.2 Å². The van der Waals surface area contributed by atoms with Crippen LogP contribution in [0.1, 0.15) is 18.4 Å². The number of piperazine rings is 1.